The van der Waals surface area contributed by atoms with Crippen LogP contribution in [0.4, 0.5) is 10.5 Å². The van der Waals surface area contributed by atoms with E-state index in [9.17, 15) is 4.79 Å². The molecular weight excluding hydrogens is 136 g/mol. The number of anilines is 1. The second kappa shape index (κ2) is 2.36. The van der Waals surface area contributed by atoms with Crippen molar-refractivity contribution in [3.63, 3.8) is 0 Å². The molecule has 54 valence electrons. The van der Waals surface area contributed by atoms with Gasteiger partial charge in [-0.05, 0) is 0 Å². The Morgan fingerprint density at radius 1 is 1.90 bits per heavy atom. The highest BCUT2D eigenvalue weighted by Gasteiger charge is 2.08. The molecule has 0 aliphatic heterocycles. The van der Waals surface area contributed by atoms with Gasteiger partial charge in [0.25, 0.3) is 0 Å². The maximum Gasteiger partial charge on any atom is 0.426 e. The number of nitrogens with zero attached hydrogens (tertiary/aromatic N) is 2. The molecule has 1 heterocycles. The van der Waals surface area contributed by atoms with E-state index in [2.05, 4.69) is 10.2 Å². The summed E-state index contributed by atoms with van der Waals surface area (Å²) in [4.78, 5) is 10.2. The Kier molecular flexibility index (Phi) is 1.55. The predicted octanol–water partition coefficient (Wildman–Crippen LogP) is -0.232. The van der Waals surface area contributed by atoms with E-state index in [-0.39, 0.29) is 0 Å². The predicted molar refractivity (Wildman–Crippen MR) is 33.3 cm³/mol. The molecule has 0 atom stereocenters. The van der Waals surface area contributed by atoms with Gasteiger partial charge in [0.2, 0.25) is 0 Å². The molecule has 6 heteroatoms. The van der Waals surface area contributed by atoms with Gasteiger partial charge >= 0.3 is 6.09 Å². The fourth-order valence-electron chi connectivity index (χ4n) is 0.486. The highest BCUT2D eigenvalue weighted by atomic mass is 16.4. The first kappa shape index (κ1) is 6.56. The molecule has 0 radical (unpaired) electrons. The third-order valence-corrected chi connectivity index (χ3v) is 0.968. The number of aromatic nitrogens is 2. The van der Waals surface area contributed by atoms with Crippen LogP contribution in [0.1, 0.15) is 0 Å². The molecule has 0 aliphatic carbocycles. The van der Waals surface area contributed by atoms with Gasteiger partial charge in [0.05, 0.1) is 6.20 Å². The lowest BCUT2D eigenvalue weighted by Crippen LogP contribution is -2.35. The van der Waals surface area contributed by atoms with Crippen molar-refractivity contribution in [1.29, 1.82) is 0 Å². The summed E-state index contributed by atoms with van der Waals surface area (Å²) in [6, 6.07) is 0. The number of nitrogens with two attached hydrogens (primary N) is 1. The van der Waals surface area contributed by atoms with Crippen molar-refractivity contribution < 1.29 is 9.90 Å². The third-order valence-electron chi connectivity index (χ3n) is 0.968. The summed E-state index contributed by atoms with van der Waals surface area (Å²) in [5.74, 6) is 5.06. The molecule has 4 N–H and O–H groups in total. The van der Waals surface area contributed by atoms with Crippen molar-refractivity contribution in [3.05, 3.63) is 12.4 Å². The van der Waals surface area contributed by atoms with Crippen molar-refractivity contribution in [1.82, 2.24) is 10.2 Å². The zero-order valence-corrected chi connectivity index (χ0v) is 4.98. The third kappa shape index (κ3) is 1.06. The summed E-state index contributed by atoms with van der Waals surface area (Å²) in [7, 11) is 0. The SMILES string of the molecule is NN(C(=O)O)c1cn[nH]c1. The van der Waals surface area contributed by atoms with Crippen LogP contribution in [-0.2, 0) is 0 Å². The Morgan fingerprint density at radius 2 is 2.60 bits per heavy atom. The van der Waals surface area contributed by atoms with E-state index in [1.54, 1.807) is 0 Å². The Bertz CT molecular complexity index is 219. The van der Waals surface area contributed by atoms with Gasteiger partial charge in [-0.25, -0.2) is 15.6 Å². The van der Waals surface area contributed by atoms with Crippen molar-refractivity contribution >= 4 is 11.8 Å². The highest BCUT2D eigenvalue weighted by molar-refractivity contribution is 5.83. The van der Waals surface area contributed by atoms with Gasteiger partial charge in [0.15, 0.2) is 0 Å². The zero-order valence-electron chi connectivity index (χ0n) is 4.98. The van der Waals surface area contributed by atoms with Gasteiger partial charge in [-0.1, -0.05) is 0 Å². The molecule has 6 nitrogen and oxygen atoms in total. The Balaban J connectivity index is 2.77. The molecule has 0 aromatic carbocycles. The highest BCUT2D eigenvalue weighted by Crippen LogP contribution is 2.04. The lowest BCUT2D eigenvalue weighted by atomic mass is 10.6. The van der Waals surface area contributed by atoms with Crippen molar-refractivity contribution in [3.8, 4) is 0 Å². The van der Waals surface area contributed by atoms with Crippen molar-refractivity contribution in [2.75, 3.05) is 5.01 Å². The second-order valence-corrected chi connectivity index (χ2v) is 1.61. The minimum absolute atomic E-state index is 0.313. The van der Waals surface area contributed by atoms with Crippen molar-refractivity contribution in [2.24, 2.45) is 5.84 Å². The number of H-pyrrole nitrogens is 1. The maximum atomic E-state index is 10.2. The van der Waals surface area contributed by atoms with E-state index in [1.165, 1.54) is 12.4 Å². The molecule has 10 heavy (non-hydrogen) atoms. The Hall–Kier alpha value is -1.56. The summed E-state index contributed by atoms with van der Waals surface area (Å²) >= 11 is 0. The standard InChI is InChI=1S/C4H6N4O2/c5-8(4(9)10)3-1-6-7-2-3/h1-2H,5H2,(H,6,7)(H,9,10). The fraction of sp³-hybridized carbons (Fsp3) is 0. The first-order valence-corrected chi connectivity index (χ1v) is 2.48. The number of carbonyl (C=O) groups is 1. The topological polar surface area (TPSA) is 95.2 Å². The minimum Gasteiger partial charge on any atom is -0.464 e. The number of aromatic amines is 1. The first-order valence-electron chi connectivity index (χ1n) is 2.48. The summed E-state index contributed by atoms with van der Waals surface area (Å²) in [6.45, 7) is 0. The lowest BCUT2D eigenvalue weighted by molar-refractivity contribution is 0.202. The molecule has 0 aliphatic rings. The normalized spacial score (nSPS) is 9.30. The molecule has 0 unspecified atom stereocenters. The average Bonchev–Trinajstić information content (AvgIpc) is 2.36. The van der Waals surface area contributed by atoms with Crippen LogP contribution in [0.2, 0.25) is 0 Å². The number of hydrogen-bond donors (Lipinski definition) is 3. The first-order chi connectivity index (χ1) is 4.72. The number of rotatable bonds is 1. The van der Waals surface area contributed by atoms with Gasteiger partial charge in [-0.15, -0.1) is 0 Å². The van der Waals surface area contributed by atoms with E-state index < -0.39 is 6.09 Å². The summed E-state index contributed by atoms with van der Waals surface area (Å²) in [6.07, 6.45) is 1.48. The van der Waals surface area contributed by atoms with Crippen LogP contribution in [0, 0.1) is 0 Å². The van der Waals surface area contributed by atoms with Crippen LogP contribution in [-0.4, -0.2) is 21.4 Å². The molecule has 0 spiro atoms. The monoisotopic (exact) mass is 142 g/mol. The average molecular weight is 142 g/mol. The van der Waals surface area contributed by atoms with Crippen LogP contribution in [0.3, 0.4) is 0 Å². The van der Waals surface area contributed by atoms with Crippen molar-refractivity contribution in [2.45, 2.75) is 0 Å². The van der Waals surface area contributed by atoms with E-state index in [4.69, 9.17) is 10.9 Å². The Morgan fingerprint density at radius 3 is 3.00 bits per heavy atom. The van der Waals surface area contributed by atoms with Crippen LogP contribution in [0.25, 0.3) is 0 Å². The number of hydrogen-bond acceptors (Lipinski definition) is 3. The molecule has 1 aromatic heterocycles. The van der Waals surface area contributed by atoms with Gasteiger partial charge in [-0.2, -0.15) is 5.10 Å². The molecular formula is C4H6N4O2. The molecule has 0 saturated carbocycles. The van der Waals surface area contributed by atoms with Gasteiger partial charge < -0.3 is 5.11 Å². The van der Waals surface area contributed by atoms with Gasteiger partial charge in [0.1, 0.15) is 5.69 Å². The molecule has 1 aromatic rings. The number of carboxylic acid groups (broad SMARTS) is 1. The lowest BCUT2D eigenvalue weighted by Gasteiger charge is -2.07. The molecule has 0 saturated heterocycles. The smallest absolute Gasteiger partial charge is 0.426 e. The quantitative estimate of drug-likeness (QED) is 0.286. The second-order valence-electron chi connectivity index (χ2n) is 1.61. The number of amides is 1. The van der Waals surface area contributed by atoms with Gasteiger partial charge in [0, 0.05) is 6.20 Å². The largest absolute Gasteiger partial charge is 0.464 e. The molecule has 0 bridgehead atoms. The fourth-order valence-corrected chi connectivity index (χ4v) is 0.486. The number of hydrazine groups is 1. The molecule has 1 rings (SSSR count). The van der Waals surface area contributed by atoms with Gasteiger partial charge in [-0.3, -0.25) is 5.10 Å². The molecule has 1 amide bonds. The number of nitrogens with one attached hydrogen (secondary N) is 1. The zero-order chi connectivity index (χ0) is 7.56. The summed E-state index contributed by atoms with van der Waals surface area (Å²) < 4.78 is 0. The molecule has 0 fully saturated rings. The van der Waals surface area contributed by atoms with E-state index >= 15 is 0 Å². The van der Waals surface area contributed by atoms with Crippen LogP contribution < -0.4 is 10.9 Å². The summed E-state index contributed by atoms with van der Waals surface area (Å²) in [5, 5.41) is 14.8. The minimum atomic E-state index is -1.22. The Labute approximate surface area is 56.2 Å². The van der Waals surface area contributed by atoms with E-state index in [1.807, 2.05) is 0 Å². The van der Waals surface area contributed by atoms with Crippen LogP contribution >= 0.6 is 0 Å². The summed E-state index contributed by atoms with van der Waals surface area (Å²) in [5.41, 5.74) is 0.313. The van der Waals surface area contributed by atoms with E-state index in [0.717, 1.165) is 0 Å². The maximum absolute atomic E-state index is 10.2. The van der Waals surface area contributed by atoms with E-state index in [0.29, 0.717) is 10.7 Å². The van der Waals surface area contributed by atoms with Crippen LogP contribution in [0.5, 0.6) is 0 Å². The van der Waals surface area contributed by atoms with Crippen LogP contribution in [0.15, 0.2) is 12.4 Å².